The number of nitrogens with zero attached hydrogens (tertiary/aromatic N) is 3. The van der Waals surface area contributed by atoms with Crippen molar-refractivity contribution in [1.29, 1.82) is 0 Å². The van der Waals surface area contributed by atoms with Crippen molar-refractivity contribution in [3.05, 3.63) is 29.8 Å². The molecule has 1 saturated heterocycles. The summed E-state index contributed by atoms with van der Waals surface area (Å²) < 4.78 is 0. The lowest BCUT2D eigenvalue weighted by Crippen LogP contribution is -2.52. The maximum atomic E-state index is 13.1. The van der Waals surface area contributed by atoms with Gasteiger partial charge in [0.15, 0.2) is 0 Å². The summed E-state index contributed by atoms with van der Waals surface area (Å²) in [6.07, 6.45) is 3.08. The van der Waals surface area contributed by atoms with Crippen LogP contribution in [-0.4, -0.2) is 60.2 Å². The largest absolute Gasteiger partial charge is 0.339 e. The lowest BCUT2D eigenvalue weighted by atomic mass is 9.80. The van der Waals surface area contributed by atoms with E-state index in [2.05, 4.69) is 6.07 Å². The van der Waals surface area contributed by atoms with Crippen LogP contribution >= 0.6 is 0 Å². The van der Waals surface area contributed by atoms with Crippen molar-refractivity contribution in [3.63, 3.8) is 0 Å². The standard InChI is InChI=1S/C23H33N3O3/c1-4-26(21-7-5-6-17(2)16-21)23(29)20-10-8-19(9-11-20)22(28)25-14-12-24(13-15-25)18(3)27/h5-7,16,19-20H,4,8-15H2,1-3H3. The lowest BCUT2D eigenvalue weighted by molar-refractivity contribution is -0.142. The molecule has 29 heavy (non-hydrogen) atoms. The maximum Gasteiger partial charge on any atom is 0.230 e. The molecule has 0 aromatic heterocycles. The summed E-state index contributed by atoms with van der Waals surface area (Å²) in [5, 5.41) is 0. The molecule has 1 aliphatic heterocycles. The van der Waals surface area contributed by atoms with Gasteiger partial charge in [0.25, 0.3) is 0 Å². The molecule has 3 rings (SSSR count). The highest BCUT2D eigenvalue weighted by atomic mass is 16.2. The minimum absolute atomic E-state index is 0.00549. The first-order valence-electron chi connectivity index (χ1n) is 10.8. The van der Waals surface area contributed by atoms with Crippen molar-refractivity contribution >= 4 is 23.4 Å². The van der Waals surface area contributed by atoms with E-state index < -0.39 is 0 Å². The molecule has 0 radical (unpaired) electrons. The normalized spacial score (nSPS) is 22.3. The number of amides is 3. The van der Waals surface area contributed by atoms with Crippen molar-refractivity contribution < 1.29 is 14.4 Å². The Balaban J connectivity index is 1.54. The molecule has 0 N–H and O–H groups in total. The second-order valence-electron chi connectivity index (χ2n) is 8.30. The second kappa shape index (κ2) is 9.42. The van der Waals surface area contributed by atoms with Gasteiger partial charge in [-0.25, -0.2) is 0 Å². The Kier molecular flexibility index (Phi) is 6.93. The zero-order valence-corrected chi connectivity index (χ0v) is 17.9. The molecule has 0 unspecified atom stereocenters. The van der Waals surface area contributed by atoms with Crippen molar-refractivity contribution in [3.8, 4) is 0 Å². The summed E-state index contributed by atoms with van der Waals surface area (Å²) in [4.78, 5) is 43.0. The van der Waals surface area contributed by atoms with Crippen LogP contribution in [0.4, 0.5) is 5.69 Å². The van der Waals surface area contributed by atoms with Gasteiger partial charge in [-0.05, 0) is 57.2 Å². The molecular weight excluding hydrogens is 366 g/mol. The quantitative estimate of drug-likeness (QED) is 0.782. The maximum absolute atomic E-state index is 13.1. The highest BCUT2D eigenvalue weighted by Gasteiger charge is 2.35. The number of hydrogen-bond acceptors (Lipinski definition) is 3. The Hall–Kier alpha value is -2.37. The zero-order chi connectivity index (χ0) is 21.0. The van der Waals surface area contributed by atoms with Gasteiger partial charge in [0.1, 0.15) is 0 Å². The van der Waals surface area contributed by atoms with Crippen LogP contribution in [0.2, 0.25) is 0 Å². The van der Waals surface area contributed by atoms with Crippen molar-refractivity contribution in [2.45, 2.75) is 46.5 Å². The third kappa shape index (κ3) is 4.98. The van der Waals surface area contributed by atoms with Gasteiger partial charge in [-0.3, -0.25) is 14.4 Å². The van der Waals surface area contributed by atoms with Crippen LogP contribution in [0.25, 0.3) is 0 Å². The Labute approximate surface area is 173 Å². The van der Waals surface area contributed by atoms with E-state index >= 15 is 0 Å². The summed E-state index contributed by atoms with van der Waals surface area (Å²) in [7, 11) is 0. The average molecular weight is 400 g/mol. The van der Waals surface area contributed by atoms with E-state index in [0.717, 1.165) is 36.9 Å². The van der Waals surface area contributed by atoms with Crippen molar-refractivity contribution in [2.75, 3.05) is 37.6 Å². The Morgan fingerprint density at radius 3 is 2.10 bits per heavy atom. The van der Waals surface area contributed by atoms with E-state index in [4.69, 9.17) is 0 Å². The summed E-state index contributed by atoms with van der Waals surface area (Å²) >= 11 is 0. The SMILES string of the molecule is CCN(C(=O)C1CCC(C(=O)N2CCN(C(C)=O)CC2)CC1)c1cccc(C)c1. The fraction of sp³-hybridized carbons (Fsp3) is 0.609. The van der Waals surface area contributed by atoms with Crippen LogP contribution in [0.3, 0.4) is 0 Å². The van der Waals surface area contributed by atoms with Crippen LogP contribution < -0.4 is 4.90 Å². The third-order valence-electron chi connectivity index (χ3n) is 6.36. The smallest absolute Gasteiger partial charge is 0.230 e. The van der Waals surface area contributed by atoms with E-state index in [1.54, 1.807) is 11.8 Å². The predicted molar refractivity (Wildman–Crippen MR) is 113 cm³/mol. The number of piperazine rings is 1. The molecule has 1 aromatic carbocycles. The van der Waals surface area contributed by atoms with Crippen LogP contribution in [0.5, 0.6) is 0 Å². The molecule has 6 nitrogen and oxygen atoms in total. The van der Waals surface area contributed by atoms with E-state index in [1.807, 2.05) is 41.8 Å². The van der Waals surface area contributed by atoms with Crippen LogP contribution in [0, 0.1) is 18.8 Å². The van der Waals surface area contributed by atoms with Gasteiger partial charge in [0.2, 0.25) is 17.7 Å². The predicted octanol–water partition coefficient (Wildman–Crippen LogP) is 2.85. The van der Waals surface area contributed by atoms with Gasteiger partial charge >= 0.3 is 0 Å². The fourth-order valence-electron chi connectivity index (χ4n) is 4.57. The molecule has 1 saturated carbocycles. The molecule has 1 heterocycles. The number of carbonyl (C=O) groups excluding carboxylic acids is 3. The second-order valence-corrected chi connectivity index (χ2v) is 8.30. The molecule has 3 amide bonds. The molecule has 2 aliphatic rings. The summed E-state index contributed by atoms with van der Waals surface area (Å²) in [6, 6.07) is 8.07. The molecule has 2 fully saturated rings. The van der Waals surface area contributed by atoms with Crippen LogP contribution in [0.1, 0.15) is 45.1 Å². The van der Waals surface area contributed by atoms with E-state index in [0.29, 0.717) is 32.7 Å². The number of aryl methyl sites for hydroxylation is 1. The van der Waals surface area contributed by atoms with Gasteiger partial charge < -0.3 is 14.7 Å². The van der Waals surface area contributed by atoms with E-state index in [1.165, 1.54) is 0 Å². The molecule has 6 heteroatoms. The minimum Gasteiger partial charge on any atom is -0.339 e. The highest BCUT2D eigenvalue weighted by Crippen LogP contribution is 2.32. The Morgan fingerprint density at radius 1 is 0.966 bits per heavy atom. The molecule has 1 aromatic rings. The van der Waals surface area contributed by atoms with Crippen LogP contribution in [0.15, 0.2) is 24.3 Å². The number of carbonyl (C=O) groups is 3. The van der Waals surface area contributed by atoms with E-state index in [9.17, 15) is 14.4 Å². The van der Waals surface area contributed by atoms with Gasteiger partial charge in [-0.15, -0.1) is 0 Å². The lowest BCUT2D eigenvalue weighted by Gasteiger charge is -2.38. The third-order valence-corrected chi connectivity index (χ3v) is 6.36. The molecule has 0 atom stereocenters. The summed E-state index contributed by atoms with van der Waals surface area (Å²) in [5.41, 5.74) is 2.10. The highest BCUT2D eigenvalue weighted by molar-refractivity contribution is 5.95. The number of rotatable bonds is 4. The first kappa shape index (κ1) is 21.3. The first-order valence-corrected chi connectivity index (χ1v) is 10.8. The van der Waals surface area contributed by atoms with Crippen LogP contribution in [-0.2, 0) is 14.4 Å². The summed E-state index contributed by atoms with van der Waals surface area (Å²) in [6.45, 7) is 8.76. The van der Waals surface area contributed by atoms with Gasteiger partial charge in [-0.2, -0.15) is 0 Å². The van der Waals surface area contributed by atoms with E-state index in [-0.39, 0.29) is 29.6 Å². The minimum atomic E-state index is -0.00549. The molecular formula is C23H33N3O3. The van der Waals surface area contributed by atoms with Crippen molar-refractivity contribution in [1.82, 2.24) is 9.80 Å². The Morgan fingerprint density at radius 2 is 1.55 bits per heavy atom. The van der Waals surface area contributed by atoms with Gasteiger partial charge in [-0.1, -0.05) is 12.1 Å². The molecule has 0 spiro atoms. The topological polar surface area (TPSA) is 60.9 Å². The fourth-order valence-corrected chi connectivity index (χ4v) is 4.57. The van der Waals surface area contributed by atoms with Gasteiger partial charge in [0.05, 0.1) is 0 Å². The summed E-state index contributed by atoms with van der Waals surface area (Å²) in [5.74, 6) is 0.459. The molecule has 158 valence electrons. The number of hydrogen-bond donors (Lipinski definition) is 0. The molecule has 1 aliphatic carbocycles. The number of anilines is 1. The Bertz CT molecular complexity index is 747. The average Bonchev–Trinajstić information content (AvgIpc) is 2.74. The monoisotopic (exact) mass is 399 g/mol. The molecule has 0 bridgehead atoms. The van der Waals surface area contributed by atoms with Crippen molar-refractivity contribution in [2.24, 2.45) is 11.8 Å². The first-order chi connectivity index (χ1) is 13.9. The number of benzene rings is 1. The van der Waals surface area contributed by atoms with Gasteiger partial charge in [0, 0.05) is 57.2 Å². The zero-order valence-electron chi connectivity index (χ0n) is 17.9.